The first-order valence-electron chi connectivity index (χ1n) is 10.6. The van der Waals surface area contributed by atoms with E-state index in [4.69, 9.17) is 14.2 Å². The number of hydrogen-bond acceptors (Lipinski definition) is 6. The van der Waals surface area contributed by atoms with Crippen LogP contribution >= 0.6 is 0 Å². The Morgan fingerprint density at radius 3 is 2.83 bits per heavy atom. The minimum atomic E-state index is -0.277. The Morgan fingerprint density at radius 1 is 1.31 bits per heavy atom. The van der Waals surface area contributed by atoms with Gasteiger partial charge in [-0.25, -0.2) is 4.79 Å². The van der Waals surface area contributed by atoms with Gasteiger partial charge >= 0.3 is 5.97 Å². The van der Waals surface area contributed by atoms with E-state index < -0.39 is 0 Å². The molecular weight excluding hydrogens is 368 g/mol. The number of nitrogens with one attached hydrogen (secondary N) is 1. The van der Waals surface area contributed by atoms with E-state index in [9.17, 15) is 4.79 Å². The zero-order valence-corrected chi connectivity index (χ0v) is 17.8. The molecule has 0 spiro atoms. The highest BCUT2D eigenvalue weighted by atomic mass is 16.5. The number of piperidine rings is 2. The molecule has 3 aliphatic rings. The van der Waals surface area contributed by atoms with Gasteiger partial charge in [0, 0.05) is 35.8 Å². The molecule has 2 fully saturated rings. The van der Waals surface area contributed by atoms with Gasteiger partial charge in [0.05, 0.1) is 33.2 Å². The normalized spacial score (nSPS) is 31.2. The Morgan fingerprint density at radius 2 is 2.14 bits per heavy atom. The number of benzene rings is 1. The maximum Gasteiger partial charge on any atom is 0.337 e. The topological polar surface area (TPSA) is 60.0 Å². The number of carbonyl (C=O) groups is 1. The van der Waals surface area contributed by atoms with Gasteiger partial charge in [0.25, 0.3) is 0 Å². The van der Waals surface area contributed by atoms with Crippen LogP contribution in [0.15, 0.2) is 30.0 Å². The van der Waals surface area contributed by atoms with Crippen molar-refractivity contribution in [3.05, 3.63) is 35.6 Å². The van der Waals surface area contributed by atoms with Gasteiger partial charge in [-0.1, -0.05) is 19.4 Å². The molecule has 0 radical (unpaired) electrons. The number of rotatable bonds is 5. The average molecular weight is 401 g/mol. The lowest BCUT2D eigenvalue weighted by Gasteiger charge is -2.50. The maximum absolute atomic E-state index is 12.5. The van der Waals surface area contributed by atoms with Gasteiger partial charge < -0.3 is 19.5 Å². The second kappa shape index (κ2) is 8.27. The lowest BCUT2D eigenvalue weighted by Crippen LogP contribution is -2.58. The van der Waals surface area contributed by atoms with Crippen molar-refractivity contribution in [2.24, 2.45) is 11.8 Å². The van der Waals surface area contributed by atoms with Crippen molar-refractivity contribution in [3.63, 3.8) is 0 Å². The molecular formula is C23H32N2O4. The standard InChI is InChI=1S/C23H32N2O4/c1-5-14-12-25-10-9-15-21-18(7-6-8-20(21)28-3)24-22(15)19(25)11-16(14)17(13-27-2)23(26)29-4/h6-8,13-16,19,22,24H,5,9-12H2,1-4H3/b17-13+/t14-,15?,16+,19?,22?/m1/s1. The Bertz CT molecular complexity index is 793. The summed E-state index contributed by atoms with van der Waals surface area (Å²) in [6.45, 7) is 4.29. The summed E-state index contributed by atoms with van der Waals surface area (Å²) in [6.07, 6.45) is 4.67. The largest absolute Gasteiger partial charge is 0.504 e. The van der Waals surface area contributed by atoms with Crippen LogP contribution in [0.2, 0.25) is 0 Å². The average Bonchev–Trinajstić information content (AvgIpc) is 3.15. The maximum atomic E-state index is 12.5. The van der Waals surface area contributed by atoms with Crippen molar-refractivity contribution >= 4 is 11.7 Å². The van der Waals surface area contributed by atoms with Crippen LogP contribution < -0.4 is 10.1 Å². The number of anilines is 1. The smallest absolute Gasteiger partial charge is 0.337 e. The monoisotopic (exact) mass is 400 g/mol. The fraction of sp³-hybridized carbons (Fsp3) is 0.609. The Hall–Kier alpha value is -2.21. The molecule has 3 aliphatic heterocycles. The van der Waals surface area contributed by atoms with E-state index in [1.807, 2.05) is 6.07 Å². The van der Waals surface area contributed by atoms with Crippen LogP contribution in [0.25, 0.3) is 0 Å². The first-order chi connectivity index (χ1) is 14.1. The molecule has 4 rings (SSSR count). The Balaban J connectivity index is 1.64. The molecule has 0 aliphatic carbocycles. The molecule has 1 aromatic rings. The number of fused-ring (bicyclic) bond motifs is 5. The molecule has 1 aromatic carbocycles. The molecule has 1 N–H and O–H groups in total. The van der Waals surface area contributed by atoms with Gasteiger partial charge in [0.1, 0.15) is 5.75 Å². The van der Waals surface area contributed by atoms with E-state index in [2.05, 4.69) is 29.3 Å². The van der Waals surface area contributed by atoms with Crippen LogP contribution in [-0.2, 0) is 14.3 Å². The van der Waals surface area contributed by atoms with Crippen molar-refractivity contribution in [1.29, 1.82) is 0 Å². The number of ether oxygens (including phenoxy) is 3. The lowest BCUT2D eigenvalue weighted by atomic mass is 9.71. The van der Waals surface area contributed by atoms with E-state index >= 15 is 0 Å². The quantitative estimate of drug-likeness (QED) is 0.464. The van der Waals surface area contributed by atoms with Gasteiger partial charge in [-0.05, 0) is 43.4 Å². The molecule has 0 aromatic heterocycles. The van der Waals surface area contributed by atoms with Crippen LogP contribution in [0.4, 0.5) is 5.69 Å². The summed E-state index contributed by atoms with van der Waals surface area (Å²) in [7, 11) is 4.79. The SMILES string of the molecule is CC[C@@H]1CN2CCC3c4c(cccc4OC)NC3C2C[C@@H]1/C(=C\OC)C(=O)OC. The summed E-state index contributed by atoms with van der Waals surface area (Å²) >= 11 is 0. The molecule has 2 saturated heterocycles. The molecule has 0 saturated carbocycles. The molecule has 5 atom stereocenters. The second-order valence-electron chi connectivity index (χ2n) is 8.36. The molecule has 29 heavy (non-hydrogen) atoms. The molecule has 0 amide bonds. The van der Waals surface area contributed by atoms with Crippen molar-refractivity contribution in [1.82, 2.24) is 4.90 Å². The van der Waals surface area contributed by atoms with Crippen molar-refractivity contribution < 1.29 is 19.0 Å². The molecule has 6 nitrogen and oxygen atoms in total. The van der Waals surface area contributed by atoms with Crippen LogP contribution in [0.5, 0.6) is 5.75 Å². The highest BCUT2D eigenvalue weighted by Crippen LogP contribution is 2.50. The summed E-state index contributed by atoms with van der Waals surface area (Å²) in [5, 5.41) is 3.79. The third kappa shape index (κ3) is 3.37. The first-order valence-corrected chi connectivity index (χ1v) is 10.6. The minimum Gasteiger partial charge on any atom is -0.504 e. The van der Waals surface area contributed by atoms with Gasteiger partial charge in [-0.3, -0.25) is 4.90 Å². The third-order valence-corrected chi connectivity index (χ3v) is 7.15. The fourth-order valence-corrected chi connectivity index (χ4v) is 5.81. The van der Waals surface area contributed by atoms with E-state index in [0.717, 1.165) is 38.1 Å². The highest BCUT2D eigenvalue weighted by molar-refractivity contribution is 5.88. The zero-order chi connectivity index (χ0) is 20.5. The van der Waals surface area contributed by atoms with E-state index in [0.29, 0.717) is 29.5 Å². The number of hydrogen-bond donors (Lipinski definition) is 1. The van der Waals surface area contributed by atoms with Crippen molar-refractivity contribution in [2.75, 3.05) is 39.7 Å². The predicted octanol–water partition coefficient (Wildman–Crippen LogP) is 3.40. The summed E-state index contributed by atoms with van der Waals surface area (Å²) < 4.78 is 16.0. The van der Waals surface area contributed by atoms with Crippen molar-refractivity contribution in [2.45, 2.75) is 44.2 Å². The van der Waals surface area contributed by atoms with Gasteiger partial charge in [0.15, 0.2) is 0 Å². The lowest BCUT2D eigenvalue weighted by molar-refractivity contribution is -0.137. The molecule has 6 heteroatoms. The van der Waals surface area contributed by atoms with Crippen LogP contribution in [0, 0.1) is 11.8 Å². The molecule has 0 bridgehead atoms. The van der Waals surface area contributed by atoms with E-state index in [-0.39, 0.29) is 11.9 Å². The second-order valence-corrected chi connectivity index (χ2v) is 8.36. The summed E-state index contributed by atoms with van der Waals surface area (Å²) in [5.41, 5.74) is 3.17. The van der Waals surface area contributed by atoms with Crippen LogP contribution in [0.1, 0.15) is 37.7 Å². The summed E-state index contributed by atoms with van der Waals surface area (Å²) in [5.74, 6) is 1.69. The van der Waals surface area contributed by atoms with Gasteiger partial charge in [0.2, 0.25) is 0 Å². The number of methoxy groups -OCH3 is 3. The Kier molecular flexibility index (Phi) is 5.72. The Labute approximate surface area is 173 Å². The van der Waals surface area contributed by atoms with Crippen molar-refractivity contribution in [3.8, 4) is 5.75 Å². The fourth-order valence-electron chi connectivity index (χ4n) is 5.81. The van der Waals surface area contributed by atoms with E-state index in [1.165, 1.54) is 18.4 Å². The van der Waals surface area contributed by atoms with Crippen LogP contribution in [0.3, 0.4) is 0 Å². The van der Waals surface area contributed by atoms with Crippen LogP contribution in [-0.4, -0.2) is 57.4 Å². The van der Waals surface area contributed by atoms with Gasteiger partial charge in [-0.2, -0.15) is 0 Å². The highest BCUT2D eigenvalue weighted by Gasteiger charge is 2.49. The minimum absolute atomic E-state index is 0.139. The van der Waals surface area contributed by atoms with E-state index in [1.54, 1.807) is 20.5 Å². The molecule has 158 valence electrons. The number of carbonyl (C=O) groups excluding carboxylic acids is 1. The predicted molar refractivity (Wildman–Crippen MR) is 112 cm³/mol. The number of esters is 1. The molecule has 3 heterocycles. The first kappa shape index (κ1) is 20.1. The zero-order valence-electron chi connectivity index (χ0n) is 17.8. The summed E-state index contributed by atoms with van der Waals surface area (Å²) in [4.78, 5) is 15.1. The van der Waals surface area contributed by atoms with Gasteiger partial charge in [-0.15, -0.1) is 0 Å². The number of nitrogens with zero attached hydrogens (tertiary/aromatic N) is 1. The third-order valence-electron chi connectivity index (χ3n) is 7.15. The summed E-state index contributed by atoms with van der Waals surface area (Å²) in [6, 6.07) is 6.96. The molecule has 3 unspecified atom stereocenters.